The van der Waals surface area contributed by atoms with Crippen LogP contribution in [0.2, 0.25) is 0 Å². The molecule has 0 heterocycles. The molecular weight excluding hydrogens is 228 g/mol. The van der Waals surface area contributed by atoms with Gasteiger partial charge in [0.25, 0.3) is 0 Å². The standard InChI is InChI=1S/C6H3BrF4/c7-4-1-2-5(8,9)6(10,11)3-4/h1-3H. The van der Waals surface area contributed by atoms with Crippen LogP contribution in [0.3, 0.4) is 0 Å². The van der Waals surface area contributed by atoms with Crippen molar-refractivity contribution in [2.75, 3.05) is 0 Å². The third-order valence-electron chi connectivity index (χ3n) is 1.22. The largest absolute Gasteiger partial charge is 0.333 e. The third kappa shape index (κ3) is 1.47. The molecular formula is C6H3BrF4. The van der Waals surface area contributed by atoms with E-state index >= 15 is 0 Å². The lowest BCUT2D eigenvalue weighted by Crippen LogP contribution is -2.38. The lowest BCUT2D eigenvalue weighted by molar-refractivity contribution is -0.148. The van der Waals surface area contributed by atoms with Gasteiger partial charge in [0, 0.05) is 10.6 Å². The zero-order valence-electron chi connectivity index (χ0n) is 5.12. The summed E-state index contributed by atoms with van der Waals surface area (Å²) in [7, 11) is 0. The second-order valence-electron chi connectivity index (χ2n) is 2.11. The van der Waals surface area contributed by atoms with Gasteiger partial charge in [-0.3, -0.25) is 0 Å². The first-order valence-electron chi connectivity index (χ1n) is 2.68. The highest BCUT2D eigenvalue weighted by Crippen LogP contribution is 2.41. The van der Waals surface area contributed by atoms with Crippen LogP contribution in [0.1, 0.15) is 0 Å². The molecule has 62 valence electrons. The first kappa shape index (κ1) is 8.77. The Labute approximate surface area is 68.7 Å². The molecule has 0 aliphatic heterocycles. The Morgan fingerprint density at radius 2 is 1.64 bits per heavy atom. The molecule has 0 spiro atoms. The first-order valence-corrected chi connectivity index (χ1v) is 3.48. The van der Waals surface area contributed by atoms with Gasteiger partial charge in [-0.05, 0) is 12.2 Å². The monoisotopic (exact) mass is 230 g/mol. The minimum absolute atomic E-state index is 0.0339. The zero-order valence-corrected chi connectivity index (χ0v) is 6.71. The third-order valence-corrected chi connectivity index (χ3v) is 1.71. The summed E-state index contributed by atoms with van der Waals surface area (Å²) in [5.74, 6) is -8.15. The average molecular weight is 231 g/mol. The first-order chi connectivity index (χ1) is 4.85. The van der Waals surface area contributed by atoms with E-state index in [-0.39, 0.29) is 16.6 Å². The number of rotatable bonds is 0. The smallest absolute Gasteiger partial charge is 0.195 e. The van der Waals surface area contributed by atoms with Crippen molar-refractivity contribution >= 4 is 15.9 Å². The van der Waals surface area contributed by atoms with E-state index in [0.29, 0.717) is 0 Å². The molecule has 0 unspecified atom stereocenters. The molecule has 0 aromatic carbocycles. The maximum Gasteiger partial charge on any atom is 0.333 e. The summed E-state index contributed by atoms with van der Waals surface area (Å²) in [5.41, 5.74) is 0. The molecule has 0 N–H and O–H groups in total. The summed E-state index contributed by atoms with van der Waals surface area (Å²) in [5, 5.41) is 0. The molecule has 0 aromatic rings. The molecule has 1 aliphatic rings. The van der Waals surface area contributed by atoms with Gasteiger partial charge in [-0.15, -0.1) is 0 Å². The van der Waals surface area contributed by atoms with Crippen LogP contribution in [0, 0.1) is 0 Å². The van der Waals surface area contributed by atoms with E-state index in [1.54, 1.807) is 0 Å². The molecule has 0 nitrogen and oxygen atoms in total. The lowest BCUT2D eigenvalue weighted by Gasteiger charge is -2.23. The fraction of sp³-hybridized carbons (Fsp3) is 0.333. The van der Waals surface area contributed by atoms with Crippen molar-refractivity contribution in [1.29, 1.82) is 0 Å². The second-order valence-corrected chi connectivity index (χ2v) is 3.02. The molecule has 0 amide bonds. The van der Waals surface area contributed by atoms with E-state index in [9.17, 15) is 17.6 Å². The summed E-state index contributed by atoms with van der Waals surface area (Å²) < 4.78 is 49.1. The molecule has 1 aliphatic carbocycles. The van der Waals surface area contributed by atoms with Gasteiger partial charge in [0.2, 0.25) is 0 Å². The van der Waals surface area contributed by atoms with Gasteiger partial charge >= 0.3 is 11.8 Å². The Balaban J connectivity index is 3.04. The van der Waals surface area contributed by atoms with Gasteiger partial charge in [0.05, 0.1) is 0 Å². The maximum atomic E-state index is 12.3. The SMILES string of the molecule is FC1(F)C=CC(Br)=CC1(F)F. The van der Waals surface area contributed by atoms with E-state index in [4.69, 9.17) is 0 Å². The van der Waals surface area contributed by atoms with Crippen LogP contribution in [-0.4, -0.2) is 11.8 Å². The fourth-order valence-electron chi connectivity index (χ4n) is 0.613. The molecule has 0 saturated carbocycles. The second kappa shape index (κ2) is 2.33. The van der Waals surface area contributed by atoms with Crippen LogP contribution >= 0.6 is 15.9 Å². The molecule has 0 fully saturated rings. The van der Waals surface area contributed by atoms with Crippen molar-refractivity contribution < 1.29 is 17.6 Å². The van der Waals surface area contributed by atoms with Crippen LogP contribution in [0.5, 0.6) is 0 Å². The summed E-state index contributed by atoms with van der Waals surface area (Å²) >= 11 is 2.68. The van der Waals surface area contributed by atoms with Crippen LogP contribution < -0.4 is 0 Å². The topological polar surface area (TPSA) is 0 Å². The molecule has 5 heteroatoms. The van der Waals surface area contributed by atoms with Crippen molar-refractivity contribution in [3.8, 4) is 0 Å². The average Bonchev–Trinajstić information content (AvgIpc) is 1.80. The lowest BCUT2D eigenvalue weighted by atomic mass is 10.1. The maximum absolute atomic E-state index is 12.3. The minimum atomic E-state index is -4.08. The molecule has 0 saturated heterocycles. The summed E-state index contributed by atoms with van der Waals surface area (Å²) in [6.07, 6.45) is 1.27. The van der Waals surface area contributed by atoms with Crippen molar-refractivity contribution in [2.45, 2.75) is 11.8 Å². The van der Waals surface area contributed by atoms with Crippen molar-refractivity contribution in [3.05, 3.63) is 22.7 Å². The van der Waals surface area contributed by atoms with Crippen molar-refractivity contribution in [1.82, 2.24) is 0 Å². The van der Waals surface area contributed by atoms with E-state index in [2.05, 4.69) is 15.9 Å². The molecule has 0 aromatic heterocycles. The van der Waals surface area contributed by atoms with E-state index < -0.39 is 11.8 Å². The predicted octanol–water partition coefficient (Wildman–Crippen LogP) is 3.11. The van der Waals surface area contributed by atoms with Crippen LogP contribution in [0.4, 0.5) is 17.6 Å². The van der Waals surface area contributed by atoms with E-state index in [1.807, 2.05) is 0 Å². The van der Waals surface area contributed by atoms with Crippen LogP contribution in [0.15, 0.2) is 22.7 Å². The van der Waals surface area contributed by atoms with Gasteiger partial charge in [-0.2, -0.15) is 17.6 Å². The quantitative estimate of drug-likeness (QED) is 0.562. The normalized spacial score (nSPS) is 26.5. The molecule has 0 bridgehead atoms. The van der Waals surface area contributed by atoms with Gasteiger partial charge in [0.1, 0.15) is 0 Å². The Morgan fingerprint density at radius 1 is 1.09 bits per heavy atom. The highest BCUT2D eigenvalue weighted by atomic mass is 79.9. The Morgan fingerprint density at radius 3 is 2.00 bits per heavy atom. The van der Waals surface area contributed by atoms with Crippen molar-refractivity contribution in [2.24, 2.45) is 0 Å². The highest BCUT2D eigenvalue weighted by Gasteiger charge is 2.54. The Bertz CT molecular complexity index is 229. The fourth-order valence-corrected chi connectivity index (χ4v) is 1.03. The van der Waals surface area contributed by atoms with E-state index in [0.717, 1.165) is 6.08 Å². The van der Waals surface area contributed by atoms with Gasteiger partial charge in [0.15, 0.2) is 0 Å². The van der Waals surface area contributed by atoms with Gasteiger partial charge in [-0.1, -0.05) is 15.9 Å². The summed E-state index contributed by atoms with van der Waals surface area (Å²) in [6.45, 7) is 0. The summed E-state index contributed by atoms with van der Waals surface area (Å²) in [6, 6.07) is 0. The highest BCUT2D eigenvalue weighted by molar-refractivity contribution is 9.11. The number of halogens is 5. The van der Waals surface area contributed by atoms with E-state index in [1.165, 1.54) is 0 Å². The van der Waals surface area contributed by atoms with Gasteiger partial charge in [-0.25, -0.2) is 0 Å². The minimum Gasteiger partial charge on any atom is -0.195 e. The van der Waals surface area contributed by atoms with Crippen LogP contribution in [0.25, 0.3) is 0 Å². The molecule has 11 heavy (non-hydrogen) atoms. The number of hydrogen-bond acceptors (Lipinski definition) is 0. The number of hydrogen-bond donors (Lipinski definition) is 0. The number of allylic oxidation sites excluding steroid dienone is 4. The predicted molar refractivity (Wildman–Crippen MR) is 36.0 cm³/mol. The number of alkyl halides is 4. The molecule has 0 atom stereocenters. The Kier molecular flexibility index (Phi) is 1.86. The van der Waals surface area contributed by atoms with Crippen LogP contribution in [-0.2, 0) is 0 Å². The van der Waals surface area contributed by atoms with Crippen molar-refractivity contribution in [3.63, 3.8) is 0 Å². The van der Waals surface area contributed by atoms with Gasteiger partial charge < -0.3 is 0 Å². The Hall–Kier alpha value is -0.320. The summed E-state index contributed by atoms with van der Waals surface area (Å²) in [4.78, 5) is 0. The zero-order chi connectivity index (χ0) is 8.70. The molecule has 0 radical (unpaired) electrons. The molecule has 1 rings (SSSR count).